The van der Waals surface area contributed by atoms with Crippen molar-refractivity contribution in [3.8, 4) is 5.75 Å². The molecule has 0 saturated carbocycles. The number of aliphatic hydroxyl groups is 1. The Kier molecular flexibility index (Phi) is 6.96. The molecule has 2 fully saturated rings. The van der Waals surface area contributed by atoms with E-state index in [1.54, 1.807) is 23.4 Å². The molecule has 1 amide bonds. The maximum absolute atomic E-state index is 12.1. The minimum absolute atomic E-state index is 0.0196. The molecule has 31 heavy (non-hydrogen) atoms. The zero-order valence-electron chi connectivity index (χ0n) is 17.6. The fraction of sp³-hybridized carbons (Fsp3) is 0.500. The molecule has 1 aromatic heterocycles. The van der Waals surface area contributed by atoms with E-state index in [0.717, 1.165) is 12.1 Å². The zero-order chi connectivity index (χ0) is 21.5. The van der Waals surface area contributed by atoms with Crippen molar-refractivity contribution in [2.75, 3.05) is 57.4 Å². The van der Waals surface area contributed by atoms with Gasteiger partial charge >= 0.3 is 0 Å². The van der Waals surface area contributed by atoms with Gasteiger partial charge in [-0.2, -0.15) is 0 Å². The van der Waals surface area contributed by atoms with Gasteiger partial charge in [-0.05, 0) is 30.2 Å². The normalized spacial score (nSPS) is 21.3. The third-order valence-corrected chi connectivity index (χ3v) is 5.60. The van der Waals surface area contributed by atoms with Crippen LogP contribution in [0.4, 0.5) is 5.95 Å². The van der Waals surface area contributed by atoms with Crippen molar-refractivity contribution in [2.45, 2.75) is 18.6 Å². The van der Waals surface area contributed by atoms with Gasteiger partial charge in [0, 0.05) is 45.1 Å². The Balaban J connectivity index is 1.19. The molecule has 166 valence electrons. The summed E-state index contributed by atoms with van der Waals surface area (Å²) in [5, 5.41) is 14.2. The van der Waals surface area contributed by atoms with Crippen LogP contribution in [0, 0.1) is 0 Å². The molecule has 3 heterocycles. The van der Waals surface area contributed by atoms with E-state index in [9.17, 15) is 9.90 Å². The van der Waals surface area contributed by atoms with Crippen molar-refractivity contribution in [3.05, 3.63) is 48.3 Å². The number of nitrogens with zero attached hydrogens (tertiary/aromatic N) is 4. The number of aromatic nitrogens is 2. The Labute approximate surface area is 182 Å². The zero-order valence-corrected chi connectivity index (χ0v) is 17.6. The van der Waals surface area contributed by atoms with Crippen molar-refractivity contribution in [2.24, 2.45) is 0 Å². The minimum atomic E-state index is -0.803. The number of rotatable bonds is 8. The van der Waals surface area contributed by atoms with Gasteiger partial charge in [-0.1, -0.05) is 12.1 Å². The van der Waals surface area contributed by atoms with E-state index < -0.39 is 5.60 Å². The van der Waals surface area contributed by atoms with E-state index in [-0.39, 0.29) is 12.5 Å². The third-order valence-electron chi connectivity index (χ3n) is 5.60. The van der Waals surface area contributed by atoms with Crippen molar-refractivity contribution in [1.29, 1.82) is 0 Å². The molecule has 9 nitrogen and oxygen atoms in total. The standard InChI is InChI=1S/C22H29N5O4/c28-20(26-10-12-30-13-11-26)15-31-19-4-2-18(3-5-19)14-23-16-22(29)6-9-27(17-22)21-24-7-1-8-25-21/h1-5,7-8,23,29H,6,9-17H2/t22-/m1/s1. The summed E-state index contributed by atoms with van der Waals surface area (Å²) in [4.78, 5) is 24.4. The highest BCUT2D eigenvalue weighted by Gasteiger charge is 2.36. The number of hydrogen-bond acceptors (Lipinski definition) is 8. The number of amides is 1. The monoisotopic (exact) mass is 427 g/mol. The van der Waals surface area contributed by atoms with Crippen LogP contribution < -0.4 is 15.0 Å². The molecule has 0 aliphatic carbocycles. The number of benzene rings is 1. The van der Waals surface area contributed by atoms with Gasteiger partial charge < -0.3 is 29.7 Å². The smallest absolute Gasteiger partial charge is 0.260 e. The van der Waals surface area contributed by atoms with Gasteiger partial charge in [0.1, 0.15) is 5.75 Å². The molecule has 2 saturated heterocycles. The van der Waals surface area contributed by atoms with E-state index in [2.05, 4.69) is 15.3 Å². The summed E-state index contributed by atoms with van der Waals surface area (Å²) in [5.41, 5.74) is 0.277. The minimum Gasteiger partial charge on any atom is -0.484 e. The summed E-state index contributed by atoms with van der Waals surface area (Å²) in [6.45, 7) is 4.81. The lowest BCUT2D eigenvalue weighted by molar-refractivity contribution is -0.137. The summed E-state index contributed by atoms with van der Waals surface area (Å²) < 4.78 is 10.9. The molecule has 2 aliphatic rings. The molecule has 0 bridgehead atoms. The van der Waals surface area contributed by atoms with Crippen molar-refractivity contribution >= 4 is 11.9 Å². The Bertz CT molecular complexity index is 845. The number of nitrogens with one attached hydrogen (secondary N) is 1. The Hall–Kier alpha value is -2.75. The molecular weight excluding hydrogens is 398 g/mol. The number of hydrogen-bond donors (Lipinski definition) is 2. The van der Waals surface area contributed by atoms with Crippen molar-refractivity contribution in [1.82, 2.24) is 20.2 Å². The van der Waals surface area contributed by atoms with E-state index in [4.69, 9.17) is 9.47 Å². The maximum Gasteiger partial charge on any atom is 0.260 e. The van der Waals surface area contributed by atoms with E-state index in [1.165, 1.54) is 0 Å². The molecule has 4 rings (SSSR count). The van der Waals surface area contributed by atoms with Crippen LogP contribution in [0.15, 0.2) is 42.7 Å². The van der Waals surface area contributed by atoms with Gasteiger partial charge in [0.2, 0.25) is 5.95 Å². The lowest BCUT2D eigenvalue weighted by atomic mass is 10.0. The Morgan fingerprint density at radius 3 is 2.65 bits per heavy atom. The fourth-order valence-corrected chi connectivity index (χ4v) is 3.82. The largest absolute Gasteiger partial charge is 0.484 e. The first kappa shape index (κ1) is 21.5. The van der Waals surface area contributed by atoms with Gasteiger partial charge in [-0.15, -0.1) is 0 Å². The van der Waals surface area contributed by atoms with E-state index in [1.807, 2.05) is 29.2 Å². The molecule has 1 aromatic carbocycles. The molecule has 2 N–H and O–H groups in total. The van der Waals surface area contributed by atoms with E-state index in [0.29, 0.717) is 64.1 Å². The second kappa shape index (κ2) is 10.0. The van der Waals surface area contributed by atoms with Crippen LogP contribution in [0.5, 0.6) is 5.75 Å². The molecule has 9 heteroatoms. The topological polar surface area (TPSA) is 100 Å². The van der Waals surface area contributed by atoms with Crippen molar-refractivity contribution < 1.29 is 19.4 Å². The third kappa shape index (κ3) is 5.90. The maximum atomic E-state index is 12.1. The average molecular weight is 428 g/mol. The predicted octanol–water partition coefficient (Wildman–Crippen LogP) is 0.445. The average Bonchev–Trinajstić information content (AvgIpc) is 3.21. The van der Waals surface area contributed by atoms with Crippen LogP contribution in [-0.4, -0.2) is 84.0 Å². The van der Waals surface area contributed by atoms with Gasteiger partial charge in [-0.3, -0.25) is 4.79 Å². The number of ether oxygens (including phenoxy) is 2. The molecule has 2 aromatic rings. The van der Waals surface area contributed by atoms with Crippen LogP contribution >= 0.6 is 0 Å². The predicted molar refractivity (Wildman–Crippen MR) is 115 cm³/mol. The highest BCUT2D eigenvalue weighted by molar-refractivity contribution is 5.77. The summed E-state index contributed by atoms with van der Waals surface area (Å²) >= 11 is 0. The first-order valence-electron chi connectivity index (χ1n) is 10.6. The van der Waals surface area contributed by atoms with Gasteiger partial charge in [0.05, 0.1) is 25.4 Å². The molecule has 0 unspecified atom stereocenters. The van der Waals surface area contributed by atoms with Crippen LogP contribution in [-0.2, 0) is 16.1 Å². The first-order valence-corrected chi connectivity index (χ1v) is 10.6. The lowest BCUT2D eigenvalue weighted by Gasteiger charge is -2.26. The van der Waals surface area contributed by atoms with Gasteiger partial charge in [0.25, 0.3) is 5.91 Å². The molecule has 1 atom stereocenters. The molecule has 0 radical (unpaired) electrons. The first-order chi connectivity index (χ1) is 15.1. The molecular formula is C22H29N5O4. The van der Waals surface area contributed by atoms with E-state index >= 15 is 0 Å². The quantitative estimate of drug-likeness (QED) is 0.626. The summed E-state index contributed by atoms with van der Waals surface area (Å²) in [5.74, 6) is 1.30. The SMILES string of the molecule is O=C(COc1ccc(CNC[C@]2(O)CCN(c3ncccn3)C2)cc1)N1CCOCC1. The van der Waals surface area contributed by atoms with Crippen LogP contribution in [0.3, 0.4) is 0 Å². The highest BCUT2D eigenvalue weighted by atomic mass is 16.5. The molecule has 0 spiro atoms. The number of carbonyl (C=O) groups excluding carboxylic acids is 1. The van der Waals surface area contributed by atoms with Crippen LogP contribution in [0.2, 0.25) is 0 Å². The van der Waals surface area contributed by atoms with Crippen LogP contribution in [0.1, 0.15) is 12.0 Å². The lowest BCUT2D eigenvalue weighted by Crippen LogP contribution is -2.43. The number of morpholine rings is 1. The van der Waals surface area contributed by atoms with Crippen molar-refractivity contribution in [3.63, 3.8) is 0 Å². The fourth-order valence-electron chi connectivity index (χ4n) is 3.82. The number of carbonyl (C=O) groups is 1. The summed E-state index contributed by atoms with van der Waals surface area (Å²) in [7, 11) is 0. The molecule has 2 aliphatic heterocycles. The number of anilines is 1. The Morgan fingerprint density at radius 2 is 1.90 bits per heavy atom. The highest BCUT2D eigenvalue weighted by Crippen LogP contribution is 2.23. The van der Waals surface area contributed by atoms with Gasteiger partial charge in [0.15, 0.2) is 6.61 Å². The summed E-state index contributed by atoms with van der Waals surface area (Å²) in [6.07, 6.45) is 4.09. The number of β-amino-alcohol motifs (C(OH)–C–C–N with tert-alkyl or cyclic N) is 1. The second-order valence-corrected chi connectivity index (χ2v) is 7.97. The van der Waals surface area contributed by atoms with Crippen LogP contribution in [0.25, 0.3) is 0 Å². The van der Waals surface area contributed by atoms with Gasteiger partial charge in [-0.25, -0.2) is 9.97 Å². The second-order valence-electron chi connectivity index (χ2n) is 7.97. The summed E-state index contributed by atoms with van der Waals surface area (Å²) in [6, 6.07) is 9.44. The Morgan fingerprint density at radius 1 is 1.16 bits per heavy atom.